The maximum absolute atomic E-state index is 13.2. The summed E-state index contributed by atoms with van der Waals surface area (Å²) in [5, 5.41) is 19.1. The van der Waals surface area contributed by atoms with Gasteiger partial charge in [-0.2, -0.15) is 5.26 Å². The molecule has 5 rings (SSSR count). The van der Waals surface area contributed by atoms with Crippen molar-refractivity contribution in [3.63, 3.8) is 0 Å². The predicted octanol–water partition coefficient (Wildman–Crippen LogP) is 3.96. The van der Waals surface area contributed by atoms with E-state index in [0.29, 0.717) is 23.3 Å². The molecule has 0 spiro atoms. The van der Waals surface area contributed by atoms with E-state index in [-0.39, 0.29) is 17.1 Å². The molecule has 0 saturated carbocycles. The number of rotatable bonds is 7. The highest BCUT2D eigenvalue weighted by Crippen LogP contribution is 2.40. The molecule has 0 radical (unpaired) electrons. The zero-order valence-electron chi connectivity index (χ0n) is 19.1. The van der Waals surface area contributed by atoms with E-state index in [1.165, 1.54) is 11.8 Å². The van der Waals surface area contributed by atoms with Crippen molar-refractivity contribution >= 4 is 28.9 Å². The van der Waals surface area contributed by atoms with Crippen LogP contribution in [0.3, 0.4) is 0 Å². The van der Waals surface area contributed by atoms with Gasteiger partial charge in [-0.1, -0.05) is 23.9 Å². The Hall–Kier alpha value is -4.36. The van der Waals surface area contributed by atoms with Crippen LogP contribution in [0.25, 0.3) is 11.4 Å². The minimum Gasteiger partial charge on any atom is -0.467 e. The van der Waals surface area contributed by atoms with Crippen LogP contribution in [-0.4, -0.2) is 45.4 Å². The van der Waals surface area contributed by atoms with E-state index in [1.54, 1.807) is 18.7 Å². The highest BCUT2D eigenvalue weighted by Gasteiger charge is 2.31. The van der Waals surface area contributed by atoms with Crippen molar-refractivity contribution in [1.82, 2.24) is 19.7 Å². The predicted molar refractivity (Wildman–Crippen MR) is 133 cm³/mol. The van der Waals surface area contributed by atoms with Gasteiger partial charge >= 0.3 is 0 Å². The first-order chi connectivity index (χ1) is 17.1. The van der Waals surface area contributed by atoms with Crippen LogP contribution in [-0.2, 0) is 11.3 Å². The number of aromatic nitrogens is 4. The molecule has 10 heteroatoms. The zero-order chi connectivity index (χ0) is 24.4. The Kier molecular flexibility index (Phi) is 6.08. The summed E-state index contributed by atoms with van der Waals surface area (Å²) in [6.45, 7) is 0.397. The molecule has 4 aromatic rings. The van der Waals surface area contributed by atoms with Crippen LogP contribution in [0.5, 0.6) is 0 Å². The number of benzene rings is 1. The molecule has 0 aliphatic carbocycles. The monoisotopic (exact) mass is 483 g/mol. The number of ketones is 1. The second-order valence-electron chi connectivity index (χ2n) is 7.84. The number of carbonyl (C=O) groups excluding carboxylic acids is 1. The molecule has 35 heavy (non-hydrogen) atoms. The fourth-order valence-corrected chi connectivity index (χ4v) is 4.87. The number of nitriles is 1. The summed E-state index contributed by atoms with van der Waals surface area (Å²) in [6, 6.07) is 17.3. The third-order valence-electron chi connectivity index (χ3n) is 5.72. The van der Waals surface area contributed by atoms with E-state index >= 15 is 0 Å². The van der Waals surface area contributed by atoms with Crippen LogP contribution in [0.1, 0.15) is 5.76 Å². The van der Waals surface area contributed by atoms with E-state index in [2.05, 4.69) is 21.3 Å². The number of hydrogen-bond donors (Lipinski definition) is 0. The fraction of sp³-hybridized carbons (Fsp3) is 0.160. The molecule has 0 N–H and O–H groups in total. The summed E-state index contributed by atoms with van der Waals surface area (Å²) in [4.78, 5) is 21.2. The van der Waals surface area contributed by atoms with Crippen LogP contribution < -0.4 is 9.80 Å². The Labute approximate surface area is 206 Å². The Bertz CT molecular complexity index is 1410. The van der Waals surface area contributed by atoms with Gasteiger partial charge in [-0.05, 0) is 36.4 Å². The second-order valence-corrected chi connectivity index (χ2v) is 8.78. The van der Waals surface area contributed by atoms with Crippen molar-refractivity contribution in [3.8, 4) is 17.5 Å². The van der Waals surface area contributed by atoms with Crippen molar-refractivity contribution in [2.75, 3.05) is 29.6 Å². The highest BCUT2D eigenvalue weighted by atomic mass is 32.2. The molecule has 0 saturated heterocycles. The summed E-state index contributed by atoms with van der Waals surface area (Å²) in [5.41, 5.74) is 2.79. The average Bonchev–Trinajstić information content (AvgIpc) is 3.60. The number of para-hydroxylation sites is 2. The smallest absolute Gasteiger partial charge is 0.192 e. The number of furan rings is 1. The summed E-state index contributed by atoms with van der Waals surface area (Å²) >= 11 is 1.24. The first kappa shape index (κ1) is 22.4. The van der Waals surface area contributed by atoms with E-state index in [9.17, 15) is 10.1 Å². The van der Waals surface area contributed by atoms with Gasteiger partial charge in [-0.15, -0.1) is 10.2 Å². The molecule has 0 fully saturated rings. The van der Waals surface area contributed by atoms with Crippen LogP contribution in [0.2, 0.25) is 0 Å². The minimum atomic E-state index is -0.283. The van der Waals surface area contributed by atoms with Gasteiger partial charge in [0, 0.05) is 32.1 Å². The Morgan fingerprint density at radius 2 is 1.83 bits per heavy atom. The fourth-order valence-electron chi connectivity index (χ4n) is 4.06. The van der Waals surface area contributed by atoms with Crippen LogP contribution in [0.4, 0.5) is 11.4 Å². The highest BCUT2D eigenvalue weighted by molar-refractivity contribution is 7.99. The van der Waals surface area contributed by atoms with Gasteiger partial charge in [0.1, 0.15) is 23.2 Å². The molecular formula is C25H21N7O2S. The average molecular weight is 484 g/mol. The number of fused-ring (bicyclic) bond motifs is 1. The topological polar surface area (TPSA) is 104 Å². The quantitative estimate of drug-likeness (QED) is 0.219. The largest absolute Gasteiger partial charge is 0.467 e. The van der Waals surface area contributed by atoms with Crippen LogP contribution in [0.15, 0.2) is 88.2 Å². The second kappa shape index (κ2) is 9.48. The summed E-state index contributed by atoms with van der Waals surface area (Å²) in [5.74, 6) is 1.67. The number of anilines is 2. The molecule has 1 aliphatic rings. The lowest BCUT2D eigenvalue weighted by molar-refractivity contribution is -0.112. The van der Waals surface area contributed by atoms with Gasteiger partial charge in [0.05, 0.1) is 29.9 Å². The number of thioether (sulfide) groups is 1. The first-order valence-corrected chi connectivity index (χ1v) is 11.8. The molecule has 0 atom stereocenters. The molecule has 1 aromatic carbocycles. The Morgan fingerprint density at radius 1 is 1.06 bits per heavy atom. The van der Waals surface area contributed by atoms with Crippen molar-refractivity contribution in [1.29, 1.82) is 5.26 Å². The first-order valence-electron chi connectivity index (χ1n) is 10.8. The molecule has 1 aliphatic heterocycles. The third kappa shape index (κ3) is 4.18. The summed E-state index contributed by atoms with van der Waals surface area (Å²) in [7, 11) is 3.71. The number of pyridine rings is 1. The number of Topliss-reactive ketones (excluding diaryl/α,β-unsaturated/α-hetero) is 1. The van der Waals surface area contributed by atoms with Gasteiger partial charge in [0.2, 0.25) is 0 Å². The van der Waals surface area contributed by atoms with E-state index < -0.39 is 0 Å². The SMILES string of the molecule is CN1C(=C(C#N)C(=O)CSc2nnc(-c3cccnc3)n2Cc2ccco2)N(C)c2ccccc21. The van der Waals surface area contributed by atoms with Crippen LogP contribution in [0, 0.1) is 11.3 Å². The summed E-state index contributed by atoms with van der Waals surface area (Å²) < 4.78 is 7.41. The molecule has 0 amide bonds. The molecular weight excluding hydrogens is 462 g/mol. The zero-order valence-corrected chi connectivity index (χ0v) is 19.9. The van der Waals surface area contributed by atoms with Crippen molar-refractivity contribution < 1.29 is 9.21 Å². The molecule has 4 heterocycles. The maximum Gasteiger partial charge on any atom is 0.192 e. The van der Waals surface area contributed by atoms with Crippen LogP contribution >= 0.6 is 11.8 Å². The van der Waals surface area contributed by atoms with Crippen molar-refractivity contribution in [3.05, 3.63) is 84.3 Å². The lowest BCUT2D eigenvalue weighted by Crippen LogP contribution is -2.26. The lowest BCUT2D eigenvalue weighted by atomic mass is 10.2. The molecule has 174 valence electrons. The van der Waals surface area contributed by atoms with Gasteiger partial charge in [-0.25, -0.2) is 0 Å². The maximum atomic E-state index is 13.2. The van der Waals surface area contributed by atoms with Gasteiger partial charge in [0.15, 0.2) is 16.8 Å². The third-order valence-corrected chi connectivity index (χ3v) is 6.68. The number of hydrogen-bond acceptors (Lipinski definition) is 9. The molecule has 9 nitrogen and oxygen atoms in total. The van der Waals surface area contributed by atoms with E-state index in [4.69, 9.17) is 4.42 Å². The molecule has 3 aromatic heterocycles. The number of nitrogens with zero attached hydrogens (tertiary/aromatic N) is 7. The van der Waals surface area contributed by atoms with Crippen molar-refractivity contribution in [2.45, 2.75) is 11.7 Å². The molecule has 0 bridgehead atoms. The van der Waals surface area contributed by atoms with Gasteiger partial charge in [0.25, 0.3) is 0 Å². The Morgan fingerprint density at radius 3 is 2.46 bits per heavy atom. The number of carbonyl (C=O) groups is 1. The lowest BCUT2D eigenvalue weighted by Gasteiger charge is -2.19. The summed E-state index contributed by atoms with van der Waals surface area (Å²) in [6.07, 6.45) is 5.01. The standard InChI is InChI=1S/C25H21N7O2S/c1-30-20-9-3-4-10-21(20)31(2)24(30)19(13-26)22(33)16-35-25-29-28-23(17-7-5-11-27-14-17)32(25)15-18-8-6-12-34-18/h3-12,14H,15-16H2,1-2H3. The van der Waals surface area contributed by atoms with Crippen molar-refractivity contribution in [2.24, 2.45) is 0 Å². The van der Waals surface area contributed by atoms with E-state index in [1.807, 2.05) is 77.0 Å². The minimum absolute atomic E-state index is 0.0355. The van der Waals surface area contributed by atoms with Gasteiger partial charge in [-0.3, -0.25) is 14.3 Å². The molecule has 0 unspecified atom stereocenters. The normalized spacial score (nSPS) is 12.5. The van der Waals surface area contributed by atoms with Gasteiger partial charge < -0.3 is 14.2 Å². The van der Waals surface area contributed by atoms with E-state index in [0.717, 1.165) is 22.7 Å². The Balaban J connectivity index is 1.42. The number of allylic oxidation sites excluding steroid dienone is 1.